The first-order valence-electron chi connectivity index (χ1n) is 5.15. The van der Waals surface area contributed by atoms with Gasteiger partial charge in [-0.1, -0.05) is 0 Å². The molecule has 0 saturated carbocycles. The van der Waals surface area contributed by atoms with E-state index in [1.54, 1.807) is 0 Å². The van der Waals surface area contributed by atoms with Crippen LogP contribution in [-0.4, -0.2) is 53.0 Å². The first-order valence-corrected chi connectivity index (χ1v) is 5.15. The minimum absolute atomic E-state index is 1.01. The fourth-order valence-corrected chi connectivity index (χ4v) is 1.80. The van der Waals surface area contributed by atoms with E-state index < -0.39 is 0 Å². The highest BCUT2D eigenvalue weighted by Gasteiger charge is 2.14. The third kappa shape index (κ3) is 2.33. The molecule has 0 atom stereocenters. The second-order valence-corrected chi connectivity index (χ2v) is 4.07. The van der Waals surface area contributed by atoms with Crippen molar-refractivity contribution in [2.24, 2.45) is 0 Å². The second-order valence-electron chi connectivity index (χ2n) is 4.07. The van der Waals surface area contributed by atoms with E-state index in [2.05, 4.69) is 26.8 Å². The molecule has 0 radical (unpaired) electrons. The normalized spacial score (nSPS) is 20.1. The largest absolute Gasteiger partial charge is 0.345 e. The highest BCUT2D eigenvalue weighted by molar-refractivity contribution is 4.99. The number of hydrogen-bond donors (Lipinski definition) is 1. The maximum absolute atomic E-state index is 4.20. The van der Waals surface area contributed by atoms with Crippen molar-refractivity contribution in [1.82, 2.24) is 19.8 Å². The van der Waals surface area contributed by atoms with E-state index in [1.807, 2.05) is 13.1 Å². The number of imidazole rings is 1. The number of hydrogen-bond acceptors (Lipinski definition) is 3. The van der Waals surface area contributed by atoms with Gasteiger partial charge in [-0.05, 0) is 14.0 Å². The summed E-state index contributed by atoms with van der Waals surface area (Å²) in [5, 5.41) is 0. The summed E-state index contributed by atoms with van der Waals surface area (Å²) in [6, 6.07) is 0. The Kier molecular flexibility index (Phi) is 2.84. The predicted molar refractivity (Wildman–Crippen MR) is 56.1 cm³/mol. The minimum Gasteiger partial charge on any atom is -0.345 e. The van der Waals surface area contributed by atoms with Gasteiger partial charge in [0.15, 0.2) is 0 Å². The first kappa shape index (κ1) is 9.68. The Labute approximate surface area is 84.9 Å². The third-order valence-electron chi connectivity index (χ3n) is 2.75. The molecule has 0 spiro atoms. The van der Waals surface area contributed by atoms with Gasteiger partial charge in [0, 0.05) is 44.6 Å². The van der Waals surface area contributed by atoms with Crippen LogP contribution in [0, 0.1) is 6.92 Å². The van der Waals surface area contributed by atoms with Crippen LogP contribution in [0.25, 0.3) is 0 Å². The van der Waals surface area contributed by atoms with Crippen molar-refractivity contribution in [2.75, 3.05) is 33.2 Å². The molecule has 1 fully saturated rings. The molecule has 2 heterocycles. The molecular formula is C10H18N4. The summed E-state index contributed by atoms with van der Waals surface area (Å²) in [4.78, 5) is 12.3. The van der Waals surface area contributed by atoms with E-state index in [-0.39, 0.29) is 0 Å². The van der Waals surface area contributed by atoms with Crippen molar-refractivity contribution in [3.63, 3.8) is 0 Å². The summed E-state index contributed by atoms with van der Waals surface area (Å²) in [5.74, 6) is 1.01. The number of aromatic amines is 1. The molecule has 0 amide bonds. The molecule has 0 bridgehead atoms. The van der Waals surface area contributed by atoms with Gasteiger partial charge in [-0.3, -0.25) is 4.90 Å². The summed E-state index contributed by atoms with van der Waals surface area (Å²) >= 11 is 0. The third-order valence-corrected chi connectivity index (χ3v) is 2.75. The lowest BCUT2D eigenvalue weighted by Gasteiger charge is -2.31. The number of aromatic nitrogens is 2. The first-order chi connectivity index (χ1) is 6.74. The van der Waals surface area contributed by atoms with Gasteiger partial charge in [-0.25, -0.2) is 4.98 Å². The summed E-state index contributed by atoms with van der Waals surface area (Å²) in [6.45, 7) is 7.67. The van der Waals surface area contributed by atoms with Gasteiger partial charge in [0.2, 0.25) is 0 Å². The maximum atomic E-state index is 4.20. The molecule has 1 N–H and O–H groups in total. The Hall–Kier alpha value is -0.870. The number of nitrogens with one attached hydrogen (secondary N) is 1. The number of rotatable bonds is 2. The van der Waals surface area contributed by atoms with Crippen LogP contribution in [-0.2, 0) is 6.54 Å². The zero-order valence-electron chi connectivity index (χ0n) is 8.95. The second kappa shape index (κ2) is 4.11. The summed E-state index contributed by atoms with van der Waals surface area (Å²) < 4.78 is 0. The molecule has 1 aliphatic heterocycles. The number of nitrogens with zero attached hydrogens (tertiary/aromatic N) is 3. The van der Waals surface area contributed by atoms with Crippen LogP contribution in [0.3, 0.4) is 0 Å². The van der Waals surface area contributed by atoms with Gasteiger partial charge < -0.3 is 9.88 Å². The van der Waals surface area contributed by atoms with E-state index in [0.29, 0.717) is 0 Å². The lowest BCUT2D eigenvalue weighted by molar-refractivity contribution is 0.147. The molecule has 1 aromatic rings. The lowest BCUT2D eigenvalue weighted by atomic mass is 10.3. The van der Waals surface area contributed by atoms with Crippen LogP contribution in [0.5, 0.6) is 0 Å². The predicted octanol–water partition coefficient (Wildman–Crippen LogP) is 0.466. The quantitative estimate of drug-likeness (QED) is 0.743. The molecule has 0 aromatic carbocycles. The molecular weight excluding hydrogens is 176 g/mol. The molecule has 0 aliphatic carbocycles. The molecule has 0 unspecified atom stereocenters. The number of piperazine rings is 1. The molecule has 1 aliphatic rings. The summed E-state index contributed by atoms with van der Waals surface area (Å²) in [6.07, 6.45) is 1.94. The standard InChI is InChI=1S/C10H18N4/c1-9-11-7-10(12-9)8-14-5-3-13(2)4-6-14/h7H,3-6,8H2,1-2H3,(H,11,12). The molecule has 78 valence electrons. The van der Waals surface area contributed by atoms with Crippen molar-refractivity contribution in [3.05, 3.63) is 17.7 Å². The van der Waals surface area contributed by atoms with Crippen molar-refractivity contribution in [1.29, 1.82) is 0 Å². The fourth-order valence-electron chi connectivity index (χ4n) is 1.80. The number of aryl methyl sites for hydroxylation is 1. The Balaban J connectivity index is 1.86. The molecule has 1 saturated heterocycles. The zero-order valence-corrected chi connectivity index (χ0v) is 8.95. The topological polar surface area (TPSA) is 35.2 Å². The molecule has 4 heteroatoms. The van der Waals surface area contributed by atoms with Crippen LogP contribution >= 0.6 is 0 Å². The average molecular weight is 194 g/mol. The van der Waals surface area contributed by atoms with Crippen molar-refractivity contribution in [2.45, 2.75) is 13.5 Å². The number of likely N-dealkylation sites (N-methyl/N-ethyl adjacent to an activating group) is 1. The van der Waals surface area contributed by atoms with Gasteiger partial charge in [0.25, 0.3) is 0 Å². The highest BCUT2D eigenvalue weighted by Crippen LogP contribution is 2.05. The zero-order chi connectivity index (χ0) is 9.97. The smallest absolute Gasteiger partial charge is 0.103 e. The lowest BCUT2D eigenvalue weighted by Crippen LogP contribution is -2.43. The van der Waals surface area contributed by atoms with E-state index in [1.165, 1.54) is 18.8 Å². The van der Waals surface area contributed by atoms with Crippen molar-refractivity contribution >= 4 is 0 Å². The van der Waals surface area contributed by atoms with E-state index in [0.717, 1.165) is 25.5 Å². The molecule has 4 nitrogen and oxygen atoms in total. The van der Waals surface area contributed by atoms with Gasteiger partial charge >= 0.3 is 0 Å². The Morgan fingerprint density at radius 2 is 2.07 bits per heavy atom. The Bertz CT molecular complexity index is 286. The highest BCUT2D eigenvalue weighted by atomic mass is 15.2. The fraction of sp³-hybridized carbons (Fsp3) is 0.700. The average Bonchev–Trinajstić information content (AvgIpc) is 2.56. The van der Waals surface area contributed by atoms with E-state index in [9.17, 15) is 0 Å². The Morgan fingerprint density at radius 3 is 2.64 bits per heavy atom. The molecule has 1 aromatic heterocycles. The van der Waals surface area contributed by atoms with Gasteiger partial charge in [-0.15, -0.1) is 0 Å². The van der Waals surface area contributed by atoms with Crippen LogP contribution in [0.2, 0.25) is 0 Å². The maximum Gasteiger partial charge on any atom is 0.103 e. The van der Waals surface area contributed by atoms with Gasteiger partial charge in [0.05, 0.1) is 0 Å². The molecule has 14 heavy (non-hydrogen) atoms. The number of H-pyrrole nitrogens is 1. The summed E-state index contributed by atoms with van der Waals surface area (Å²) in [7, 11) is 2.18. The van der Waals surface area contributed by atoms with E-state index >= 15 is 0 Å². The van der Waals surface area contributed by atoms with Crippen LogP contribution in [0.15, 0.2) is 6.20 Å². The van der Waals surface area contributed by atoms with Crippen molar-refractivity contribution in [3.8, 4) is 0 Å². The van der Waals surface area contributed by atoms with Gasteiger partial charge in [0.1, 0.15) is 5.82 Å². The SMILES string of the molecule is Cc1ncc(CN2CCN(C)CC2)[nH]1. The van der Waals surface area contributed by atoms with Gasteiger partial charge in [-0.2, -0.15) is 0 Å². The van der Waals surface area contributed by atoms with Crippen LogP contribution in [0.4, 0.5) is 0 Å². The van der Waals surface area contributed by atoms with E-state index in [4.69, 9.17) is 0 Å². The van der Waals surface area contributed by atoms with Crippen LogP contribution < -0.4 is 0 Å². The summed E-state index contributed by atoms with van der Waals surface area (Å²) in [5.41, 5.74) is 1.23. The minimum atomic E-state index is 1.01. The Morgan fingerprint density at radius 1 is 1.36 bits per heavy atom. The van der Waals surface area contributed by atoms with Crippen LogP contribution in [0.1, 0.15) is 11.5 Å². The van der Waals surface area contributed by atoms with Crippen molar-refractivity contribution < 1.29 is 0 Å². The monoisotopic (exact) mass is 194 g/mol. The molecule has 2 rings (SSSR count).